The van der Waals surface area contributed by atoms with Crippen LogP contribution in [0.5, 0.6) is 0 Å². The van der Waals surface area contributed by atoms with Gasteiger partial charge >= 0.3 is 0 Å². The summed E-state index contributed by atoms with van der Waals surface area (Å²) in [4.78, 5) is 0. The van der Waals surface area contributed by atoms with Gasteiger partial charge in [0.1, 0.15) is 5.82 Å². The van der Waals surface area contributed by atoms with Crippen molar-refractivity contribution in [3.63, 3.8) is 0 Å². The van der Waals surface area contributed by atoms with Gasteiger partial charge in [-0.2, -0.15) is 0 Å². The third-order valence-electron chi connectivity index (χ3n) is 1.68. The molecule has 1 aromatic carbocycles. The van der Waals surface area contributed by atoms with Crippen molar-refractivity contribution in [3.05, 3.63) is 33.5 Å². The molecule has 0 unspecified atom stereocenters. The van der Waals surface area contributed by atoms with Gasteiger partial charge in [0, 0.05) is 11.0 Å². The van der Waals surface area contributed by atoms with Crippen molar-refractivity contribution >= 4 is 15.9 Å². The van der Waals surface area contributed by atoms with Gasteiger partial charge in [0.05, 0.1) is 0 Å². The lowest BCUT2D eigenvalue weighted by Crippen LogP contribution is -2.01. The second kappa shape index (κ2) is 3.32. The van der Waals surface area contributed by atoms with Crippen molar-refractivity contribution in [2.75, 3.05) is 0 Å². The van der Waals surface area contributed by atoms with Gasteiger partial charge in [-0.25, -0.2) is 4.39 Å². The first-order valence-corrected chi connectivity index (χ1v) is 4.09. The van der Waals surface area contributed by atoms with Gasteiger partial charge in [-0.3, -0.25) is 0 Å². The van der Waals surface area contributed by atoms with E-state index < -0.39 is 0 Å². The monoisotopic (exact) mass is 217 g/mol. The van der Waals surface area contributed by atoms with Crippen molar-refractivity contribution in [2.24, 2.45) is 5.73 Å². The molecular weight excluding hydrogens is 209 g/mol. The van der Waals surface area contributed by atoms with Gasteiger partial charge in [-0.15, -0.1) is 0 Å². The van der Waals surface area contributed by atoms with Crippen LogP contribution in [0.25, 0.3) is 0 Å². The highest BCUT2D eigenvalue weighted by Crippen LogP contribution is 2.21. The summed E-state index contributed by atoms with van der Waals surface area (Å²) in [6, 6.07) is 3.10. The Labute approximate surface area is 73.5 Å². The van der Waals surface area contributed by atoms with Crippen molar-refractivity contribution in [3.8, 4) is 0 Å². The summed E-state index contributed by atoms with van der Waals surface area (Å²) in [5.74, 6) is -0.200. The van der Waals surface area contributed by atoms with Crippen molar-refractivity contribution < 1.29 is 4.39 Å². The molecule has 1 nitrogen and oxygen atoms in total. The van der Waals surface area contributed by atoms with Crippen LogP contribution in [0, 0.1) is 12.7 Å². The van der Waals surface area contributed by atoms with Crippen LogP contribution in [-0.2, 0) is 6.54 Å². The second-order valence-electron chi connectivity index (χ2n) is 2.34. The molecule has 0 aliphatic rings. The number of hydrogen-bond acceptors (Lipinski definition) is 1. The molecule has 0 fully saturated rings. The summed E-state index contributed by atoms with van der Waals surface area (Å²) < 4.78 is 13.7. The Hall–Kier alpha value is -0.410. The number of hydrogen-bond donors (Lipinski definition) is 1. The fourth-order valence-electron chi connectivity index (χ4n) is 0.946. The fraction of sp³-hybridized carbons (Fsp3) is 0.250. The van der Waals surface area contributed by atoms with Crippen LogP contribution in [0.1, 0.15) is 11.1 Å². The van der Waals surface area contributed by atoms with Gasteiger partial charge in [0.25, 0.3) is 0 Å². The zero-order valence-electron chi connectivity index (χ0n) is 6.20. The third kappa shape index (κ3) is 1.60. The number of benzene rings is 1. The van der Waals surface area contributed by atoms with Gasteiger partial charge in [-0.1, -0.05) is 15.9 Å². The Morgan fingerprint density at radius 3 is 2.64 bits per heavy atom. The number of rotatable bonds is 1. The lowest BCUT2D eigenvalue weighted by atomic mass is 10.1. The molecule has 0 amide bonds. The predicted molar refractivity (Wildman–Crippen MR) is 46.7 cm³/mol. The Morgan fingerprint density at radius 1 is 1.55 bits per heavy atom. The molecule has 0 saturated heterocycles. The van der Waals surface area contributed by atoms with E-state index in [1.807, 2.05) is 0 Å². The molecule has 0 saturated carbocycles. The first kappa shape index (κ1) is 8.68. The van der Waals surface area contributed by atoms with E-state index in [0.29, 0.717) is 12.1 Å². The van der Waals surface area contributed by atoms with Gasteiger partial charge in [0.2, 0.25) is 0 Å². The van der Waals surface area contributed by atoms with Crippen LogP contribution in [0.3, 0.4) is 0 Å². The van der Waals surface area contributed by atoms with E-state index in [1.165, 1.54) is 6.07 Å². The largest absolute Gasteiger partial charge is 0.326 e. The molecule has 3 heteroatoms. The minimum absolute atomic E-state index is 0.200. The highest BCUT2D eigenvalue weighted by molar-refractivity contribution is 9.10. The van der Waals surface area contributed by atoms with Gasteiger partial charge in [-0.05, 0) is 30.2 Å². The Balaban J connectivity index is 3.29. The average molecular weight is 218 g/mol. The maximum absolute atomic E-state index is 12.9. The summed E-state index contributed by atoms with van der Waals surface area (Å²) in [6.07, 6.45) is 0. The quantitative estimate of drug-likeness (QED) is 0.769. The van der Waals surface area contributed by atoms with Crippen LogP contribution in [0.15, 0.2) is 16.6 Å². The molecule has 0 atom stereocenters. The summed E-state index contributed by atoms with van der Waals surface area (Å²) in [7, 11) is 0. The standard InChI is InChI=1S/C8H9BrFN/c1-5-6(4-11)7(9)2-3-8(5)10/h2-3H,4,11H2,1H3. The third-order valence-corrected chi connectivity index (χ3v) is 2.42. The molecule has 60 valence electrons. The second-order valence-corrected chi connectivity index (χ2v) is 3.19. The zero-order chi connectivity index (χ0) is 8.43. The van der Waals surface area contributed by atoms with Gasteiger partial charge < -0.3 is 5.73 Å². The van der Waals surface area contributed by atoms with E-state index in [0.717, 1.165) is 10.0 Å². The van der Waals surface area contributed by atoms with Crippen LogP contribution >= 0.6 is 15.9 Å². The molecule has 2 N–H and O–H groups in total. The molecule has 1 aromatic rings. The molecule has 0 bridgehead atoms. The average Bonchev–Trinajstić information content (AvgIpc) is 1.99. The molecule has 0 aliphatic carbocycles. The minimum Gasteiger partial charge on any atom is -0.326 e. The summed E-state index contributed by atoms with van der Waals surface area (Å²) in [5.41, 5.74) is 6.89. The van der Waals surface area contributed by atoms with Crippen molar-refractivity contribution in [1.29, 1.82) is 0 Å². The Morgan fingerprint density at radius 2 is 2.18 bits per heavy atom. The summed E-state index contributed by atoms with van der Waals surface area (Å²) in [5, 5.41) is 0. The van der Waals surface area contributed by atoms with E-state index in [4.69, 9.17) is 5.73 Å². The normalized spacial score (nSPS) is 10.2. The van der Waals surface area contributed by atoms with Crippen molar-refractivity contribution in [1.82, 2.24) is 0 Å². The van der Waals surface area contributed by atoms with Crippen molar-refractivity contribution in [2.45, 2.75) is 13.5 Å². The van der Waals surface area contributed by atoms with E-state index in [-0.39, 0.29) is 5.82 Å². The molecule has 0 aromatic heterocycles. The molecule has 0 spiro atoms. The first-order chi connectivity index (χ1) is 5.16. The van der Waals surface area contributed by atoms with E-state index >= 15 is 0 Å². The fourth-order valence-corrected chi connectivity index (χ4v) is 1.54. The maximum atomic E-state index is 12.9. The number of nitrogens with two attached hydrogens (primary N) is 1. The SMILES string of the molecule is Cc1c(F)ccc(Br)c1CN. The topological polar surface area (TPSA) is 26.0 Å². The number of halogens is 2. The molecular formula is C8H9BrFN. The molecule has 0 radical (unpaired) electrons. The molecule has 0 heterocycles. The molecule has 11 heavy (non-hydrogen) atoms. The van der Waals surface area contributed by atoms with E-state index in [9.17, 15) is 4.39 Å². The zero-order valence-corrected chi connectivity index (χ0v) is 7.78. The van der Waals surface area contributed by atoms with Gasteiger partial charge in [0.15, 0.2) is 0 Å². The van der Waals surface area contributed by atoms with E-state index in [2.05, 4.69) is 15.9 Å². The first-order valence-electron chi connectivity index (χ1n) is 3.30. The van der Waals surface area contributed by atoms with Crippen LogP contribution < -0.4 is 5.73 Å². The maximum Gasteiger partial charge on any atom is 0.126 e. The lowest BCUT2D eigenvalue weighted by molar-refractivity contribution is 0.615. The highest BCUT2D eigenvalue weighted by Gasteiger charge is 2.05. The summed E-state index contributed by atoms with van der Waals surface area (Å²) >= 11 is 3.29. The van der Waals surface area contributed by atoms with Crippen LogP contribution in [0.4, 0.5) is 4.39 Å². The Kier molecular flexibility index (Phi) is 2.62. The molecule has 1 rings (SSSR count). The molecule has 0 aliphatic heterocycles. The smallest absolute Gasteiger partial charge is 0.126 e. The van der Waals surface area contributed by atoms with Crippen LogP contribution in [0.2, 0.25) is 0 Å². The Bertz CT molecular complexity index is 273. The minimum atomic E-state index is -0.200. The highest BCUT2D eigenvalue weighted by atomic mass is 79.9. The lowest BCUT2D eigenvalue weighted by Gasteiger charge is -2.05. The van der Waals surface area contributed by atoms with E-state index in [1.54, 1.807) is 13.0 Å². The predicted octanol–water partition coefficient (Wildman–Crippen LogP) is 2.36. The summed E-state index contributed by atoms with van der Waals surface area (Å²) in [6.45, 7) is 2.09. The van der Waals surface area contributed by atoms with Crippen LogP contribution in [-0.4, -0.2) is 0 Å².